The first kappa shape index (κ1) is 15.5. The molecule has 0 saturated carbocycles. The number of carbonyl (C=O) groups is 1. The van der Waals surface area contributed by atoms with Gasteiger partial charge in [0.25, 0.3) is 0 Å². The molecule has 4 heteroatoms. The number of anilines is 1. The van der Waals surface area contributed by atoms with E-state index in [4.69, 9.17) is 0 Å². The molecule has 1 heterocycles. The van der Waals surface area contributed by atoms with Crippen molar-refractivity contribution in [3.05, 3.63) is 65.5 Å². The molecule has 0 radical (unpaired) electrons. The molecule has 23 heavy (non-hydrogen) atoms. The van der Waals surface area contributed by atoms with Crippen molar-refractivity contribution in [3.63, 3.8) is 0 Å². The third kappa shape index (κ3) is 3.52. The second kappa shape index (κ2) is 6.82. The molecule has 1 aliphatic heterocycles. The second-order valence-corrected chi connectivity index (χ2v) is 5.88. The minimum atomic E-state index is -0.251. The highest BCUT2D eigenvalue weighted by Gasteiger charge is 2.29. The number of rotatable bonds is 3. The monoisotopic (exact) mass is 312 g/mol. The molecule has 2 amide bonds. The van der Waals surface area contributed by atoms with E-state index < -0.39 is 0 Å². The maximum atomic E-state index is 13.1. The first-order chi connectivity index (χ1) is 11.2. The highest BCUT2D eigenvalue weighted by Crippen LogP contribution is 2.32. The first-order valence-corrected chi connectivity index (χ1v) is 8.09. The number of benzene rings is 2. The molecular formula is C19H21FN2O. The van der Waals surface area contributed by atoms with Gasteiger partial charge in [-0.05, 0) is 54.7 Å². The standard InChI is InChI=1S/C19H21FN2O/c1-2-14-5-11-17(12-6-14)21-19(23)22-13-3-4-18(22)15-7-9-16(20)10-8-15/h5-12,18H,2-4,13H2,1H3,(H,21,23)/t18-/m1/s1. The average molecular weight is 312 g/mol. The van der Waals surface area contributed by atoms with Crippen LogP contribution in [0.4, 0.5) is 14.9 Å². The fourth-order valence-corrected chi connectivity index (χ4v) is 3.06. The van der Waals surface area contributed by atoms with E-state index in [2.05, 4.69) is 12.2 Å². The van der Waals surface area contributed by atoms with E-state index in [0.29, 0.717) is 0 Å². The Bertz CT molecular complexity index is 667. The highest BCUT2D eigenvalue weighted by molar-refractivity contribution is 5.89. The van der Waals surface area contributed by atoms with Gasteiger partial charge in [0, 0.05) is 12.2 Å². The zero-order chi connectivity index (χ0) is 16.2. The van der Waals surface area contributed by atoms with Crippen molar-refractivity contribution in [1.82, 2.24) is 4.90 Å². The summed E-state index contributed by atoms with van der Waals surface area (Å²) in [7, 11) is 0. The third-order valence-electron chi connectivity index (χ3n) is 4.38. The Hall–Kier alpha value is -2.36. The predicted molar refractivity (Wildman–Crippen MR) is 89.9 cm³/mol. The Morgan fingerprint density at radius 3 is 2.52 bits per heavy atom. The van der Waals surface area contributed by atoms with Crippen molar-refractivity contribution >= 4 is 11.7 Å². The Morgan fingerprint density at radius 1 is 1.17 bits per heavy atom. The molecule has 0 unspecified atom stereocenters. The Labute approximate surface area is 136 Å². The number of urea groups is 1. The zero-order valence-corrected chi connectivity index (χ0v) is 13.3. The number of halogens is 1. The molecule has 1 fully saturated rings. The summed E-state index contributed by atoms with van der Waals surface area (Å²) in [6, 6.07) is 14.3. The number of nitrogens with one attached hydrogen (secondary N) is 1. The van der Waals surface area contributed by atoms with Crippen LogP contribution in [0.3, 0.4) is 0 Å². The van der Waals surface area contributed by atoms with Crippen LogP contribution < -0.4 is 5.32 Å². The molecule has 3 nitrogen and oxygen atoms in total. The molecular weight excluding hydrogens is 291 g/mol. The molecule has 120 valence electrons. The number of likely N-dealkylation sites (tertiary alicyclic amines) is 1. The Kier molecular flexibility index (Phi) is 4.60. The normalized spacial score (nSPS) is 17.3. The van der Waals surface area contributed by atoms with Crippen LogP contribution >= 0.6 is 0 Å². The van der Waals surface area contributed by atoms with Crippen LogP contribution in [-0.2, 0) is 6.42 Å². The van der Waals surface area contributed by atoms with Gasteiger partial charge < -0.3 is 10.2 Å². The quantitative estimate of drug-likeness (QED) is 0.871. The Balaban J connectivity index is 1.71. The summed E-state index contributed by atoms with van der Waals surface area (Å²) >= 11 is 0. The van der Waals surface area contributed by atoms with Gasteiger partial charge in [-0.2, -0.15) is 0 Å². The number of amides is 2. The molecule has 3 rings (SSSR count). The first-order valence-electron chi connectivity index (χ1n) is 8.09. The molecule has 1 atom stereocenters. The lowest BCUT2D eigenvalue weighted by atomic mass is 10.0. The van der Waals surface area contributed by atoms with E-state index >= 15 is 0 Å². The number of aryl methyl sites for hydroxylation is 1. The van der Waals surface area contributed by atoms with Gasteiger partial charge in [0.1, 0.15) is 5.82 Å². The predicted octanol–water partition coefficient (Wildman–Crippen LogP) is 4.76. The van der Waals surface area contributed by atoms with Crippen molar-refractivity contribution in [2.75, 3.05) is 11.9 Å². The van der Waals surface area contributed by atoms with Gasteiger partial charge in [-0.1, -0.05) is 31.2 Å². The van der Waals surface area contributed by atoms with Gasteiger partial charge in [0.05, 0.1) is 6.04 Å². The van der Waals surface area contributed by atoms with Gasteiger partial charge in [-0.15, -0.1) is 0 Å². The summed E-state index contributed by atoms with van der Waals surface area (Å²) in [6.07, 6.45) is 2.85. The van der Waals surface area contributed by atoms with E-state index in [0.717, 1.165) is 37.1 Å². The van der Waals surface area contributed by atoms with E-state index in [1.54, 1.807) is 12.1 Å². The maximum Gasteiger partial charge on any atom is 0.322 e. The van der Waals surface area contributed by atoms with Crippen molar-refractivity contribution < 1.29 is 9.18 Å². The van der Waals surface area contributed by atoms with E-state index in [-0.39, 0.29) is 17.9 Å². The van der Waals surface area contributed by atoms with Crippen molar-refractivity contribution in [1.29, 1.82) is 0 Å². The van der Waals surface area contributed by atoms with E-state index in [9.17, 15) is 9.18 Å². The van der Waals surface area contributed by atoms with Gasteiger partial charge in [-0.25, -0.2) is 9.18 Å². The second-order valence-electron chi connectivity index (χ2n) is 5.88. The van der Waals surface area contributed by atoms with Crippen LogP contribution in [0, 0.1) is 5.82 Å². The van der Waals surface area contributed by atoms with Crippen LogP contribution in [0.1, 0.15) is 36.9 Å². The third-order valence-corrected chi connectivity index (χ3v) is 4.38. The summed E-state index contributed by atoms with van der Waals surface area (Å²) in [5, 5.41) is 2.96. The van der Waals surface area contributed by atoms with Crippen LogP contribution in [0.2, 0.25) is 0 Å². The number of hydrogen-bond donors (Lipinski definition) is 1. The minimum absolute atomic E-state index is 0.0190. The lowest BCUT2D eigenvalue weighted by Gasteiger charge is -2.25. The topological polar surface area (TPSA) is 32.3 Å². The lowest BCUT2D eigenvalue weighted by Crippen LogP contribution is -2.34. The molecule has 1 N–H and O–H groups in total. The summed E-state index contributed by atoms with van der Waals surface area (Å²) in [4.78, 5) is 14.4. The number of hydrogen-bond acceptors (Lipinski definition) is 1. The van der Waals surface area contributed by atoms with Crippen LogP contribution in [0.25, 0.3) is 0 Å². The van der Waals surface area contributed by atoms with Crippen LogP contribution in [0.15, 0.2) is 48.5 Å². The minimum Gasteiger partial charge on any atom is -0.317 e. The molecule has 2 aromatic rings. The summed E-state index contributed by atoms with van der Waals surface area (Å²) in [5.74, 6) is -0.251. The summed E-state index contributed by atoms with van der Waals surface area (Å²) in [5.41, 5.74) is 3.03. The van der Waals surface area contributed by atoms with E-state index in [1.807, 2.05) is 29.2 Å². The molecule has 0 bridgehead atoms. The number of carbonyl (C=O) groups excluding carboxylic acids is 1. The summed E-state index contributed by atoms with van der Waals surface area (Å²) in [6.45, 7) is 2.83. The van der Waals surface area contributed by atoms with Crippen molar-refractivity contribution in [3.8, 4) is 0 Å². The average Bonchev–Trinajstić information content (AvgIpc) is 3.06. The maximum absolute atomic E-state index is 13.1. The zero-order valence-electron chi connectivity index (χ0n) is 13.3. The number of nitrogens with zero attached hydrogens (tertiary/aromatic N) is 1. The molecule has 0 spiro atoms. The lowest BCUT2D eigenvalue weighted by molar-refractivity contribution is 0.207. The fraction of sp³-hybridized carbons (Fsp3) is 0.316. The SMILES string of the molecule is CCc1ccc(NC(=O)N2CCC[C@@H]2c2ccc(F)cc2)cc1. The molecule has 0 aromatic heterocycles. The van der Waals surface area contributed by atoms with E-state index in [1.165, 1.54) is 17.7 Å². The largest absolute Gasteiger partial charge is 0.322 e. The van der Waals surface area contributed by atoms with Crippen LogP contribution in [-0.4, -0.2) is 17.5 Å². The summed E-state index contributed by atoms with van der Waals surface area (Å²) < 4.78 is 13.1. The van der Waals surface area contributed by atoms with Crippen molar-refractivity contribution in [2.45, 2.75) is 32.2 Å². The van der Waals surface area contributed by atoms with Gasteiger partial charge in [0.15, 0.2) is 0 Å². The fourth-order valence-electron chi connectivity index (χ4n) is 3.06. The van der Waals surface area contributed by atoms with Crippen molar-refractivity contribution in [2.24, 2.45) is 0 Å². The van der Waals surface area contributed by atoms with Gasteiger partial charge >= 0.3 is 6.03 Å². The Morgan fingerprint density at radius 2 is 1.87 bits per heavy atom. The molecule has 1 aliphatic rings. The van der Waals surface area contributed by atoms with Gasteiger partial charge in [0.2, 0.25) is 0 Å². The van der Waals surface area contributed by atoms with Gasteiger partial charge in [-0.3, -0.25) is 0 Å². The smallest absolute Gasteiger partial charge is 0.317 e. The molecule has 1 saturated heterocycles. The molecule has 0 aliphatic carbocycles. The van der Waals surface area contributed by atoms with Crippen LogP contribution in [0.5, 0.6) is 0 Å². The highest BCUT2D eigenvalue weighted by atomic mass is 19.1. The molecule has 2 aromatic carbocycles.